The van der Waals surface area contributed by atoms with E-state index in [0.29, 0.717) is 12.5 Å². The fourth-order valence-corrected chi connectivity index (χ4v) is 3.64. The van der Waals surface area contributed by atoms with Crippen molar-refractivity contribution in [1.29, 1.82) is 0 Å². The fourth-order valence-electron chi connectivity index (χ4n) is 3.64. The molecule has 1 saturated carbocycles. The van der Waals surface area contributed by atoms with E-state index < -0.39 is 11.7 Å². The van der Waals surface area contributed by atoms with E-state index in [0.717, 1.165) is 19.5 Å². The Bertz CT molecular complexity index is 499. The fraction of sp³-hybridized carbons (Fsp3) is 0.846. The molecule has 1 aliphatic carbocycles. The Morgan fingerprint density at radius 1 is 1.41 bits per heavy atom. The minimum atomic E-state index is -2.55. The Hall–Kier alpha value is -1.48. The summed E-state index contributed by atoms with van der Waals surface area (Å²) in [7, 11) is 1.91. The van der Waals surface area contributed by atoms with Gasteiger partial charge in [-0.3, -0.25) is 4.90 Å². The van der Waals surface area contributed by atoms with Crippen LogP contribution < -0.4 is 22.1 Å². The Balaban J connectivity index is 1.79. The topological polar surface area (TPSA) is 104 Å². The number of rotatable bonds is 4. The summed E-state index contributed by atoms with van der Waals surface area (Å²) in [6.07, 6.45) is 1.21. The maximum absolute atomic E-state index is 13.2. The van der Waals surface area contributed by atoms with E-state index in [9.17, 15) is 8.78 Å². The normalized spacial score (nSPS) is 35.5. The molecule has 2 heterocycles. The molecule has 3 aliphatic rings. The maximum atomic E-state index is 13.2. The first-order chi connectivity index (χ1) is 10.3. The molecule has 1 saturated heterocycles. The second kappa shape index (κ2) is 5.31. The highest BCUT2D eigenvalue weighted by atomic mass is 19.3. The average molecular weight is 315 g/mol. The van der Waals surface area contributed by atoms with E-state index in [1.807, 2.05) is 7.05 Å². The summed E-state index contributed by atoms with van der Waals surface area (Å²) in [4.78, 5) is 10.5. The van der Waals surface area contributed by atoms with Gasteiger partial charge in [-0.15, -0.1) is 0 Å². The van der Waals surface area contributed by atoms with Crippen molar-refractivity contribution in [3.8, 4) is 0 Å². The molecule has 2 fully saturated rings. The summed E-state index contributed by atoms with van der Waals surface area (Å²) >= 11 is 0. The van der Waals surface area contributed by atoms with Crippen molar-refractivity contribution in [2.24, 2.45) is 27.4 Å². The quantitative estimate of drug-likeness (QED) is 0.565. The van der Waals surface area contributed by atoms with Crippen LogP contribution in [0.5, 0.6) is 0 Å². The molecular weight excluding hydrogens is 292 g/mol. The van der Waals surface area contributed by atoms with Gasteiger partial charge in [0.2, 0.25) is 11.9 Å². The van der Waals surface area contributed by atoms with Gasteiger partial charge >= 0.3 is 0 Å². The molecule has 9 heteroatoms. The Morgan fingerprint density at radius 2 is 2.14 bits per heavy atom. The third kappa shape index (κ3) is 2.87. The molecule has 0 bridgehead atoms. The zero-order valence-corrected chi connectivity index (χ0v) is 12.6. The molecule has 0 aromatic heterocycles. The molecule has 0 aromatic rings. The zero-order chi connectivity index (χ0) is 16.0. The molecule has 0 aromatic carbocycles. The van der Waals surface area contributed by atoms with Crippen molar-refractivity contribution < 1.29 is 8.78 Å². The first-order valence-electron chi connectivity index (χ1n) is 7.60. The molecule has 1 unspecified atom stereocenters. The minimum Gasteiger partial charge on any atom is -0.369 e. The molecule has 0 radical (unpaired) electrons. The van der Waals surface area contributed by atoms with Crippen molar-refractivity contribution in [2.45, 2.75) is 43.4 Å². The summed E-state index contributed by atoms with van der Waals surface area (Å²) in [5.41, 5.74) is 11.6. The van der Waals surface area contributed by atoms with E-state index in [4.69, 9.17) is 11.5 Å². The van der Waals surface area contributed by atoms with E-state index >= 15 is 0 Å². The number of nitrogens with one attached hydrogen (secondary N) is 2. The van der Waals surface area contributed by atoms with Gasteiger partial charge in [0.05, 0.1) is 0 Å². The molecule has 6 N–H and O–H groups in total. The molecular formula is C13H23F2N7. The molecule has 0 amide bonds. The van der Waals surface area contributed by atoms with Crippen molar-refractivity contribution in [2.75, 3.05) is 20.1 Å². The van der Waals surface area contributed by atoms with Gasteiger partial charge in [0.1, 0.15) is 0 Å². The number of halogens is 2. The first kappa shape index (κ1) is 15.4. The highest BCUT2D eigenvalue weighted by Gasteiger charge is 2.51. The monoisotopic (exact) mass is 315 g/mol. The van der Waals surface area contributed by atoms with E-state index in [2.05, 4.69) is 25.5 Å². The van der Waals surface area contributed by atoms with Crippen LogP contribution in [-0.2, 0) is 0 Å². The highest BCUT2D eigenvalue weighted by Crippen LogP contribution is 2.47. The van der Waals surface area contributed by atoms with Crippen molar-refractivity contribution in [3.05, 3.63) is 0 Å². The molecule has 0 spiro atoms. The van der Waals surface area contributed by atoms with Crippen LogP contribution in [0.1, 0.15) is 25.7 Å². The zero-order valence-electron chi connectivity index (χ0n) is 12.6. The summed E-state index contributed by atoms with van der Waals surface area (Å²) in [6.45, 7) is 1.56. The Kier molecular flexibility index (Phi) is 3.72. The van der Waals surface area contributed by atoms with Crippen LogP contribution in [0.15, 0.2) is 9.98 Å². The van der Waals surface area contributed by atoms with Crippen molar-refractivity contribution in [3.63, 3.8) is 0 Å². The van der Waals surface area contributed by atoms with Crippen molar-refractivity contribution >= 4 is 11.9 Å². The van der Waals surface area contributed by atoms with Crippen LogP contribution >= 0.6 is 0 Å². The number of alkyl halides is 2. The van der Waals surface area contributed by atoms with Crippen LogP contribution in [0, 0.1) is 5.92 Å². The number of hydrogen-bond donors (Lipinski definition) is 4. The standard InChI is InChI=1S/C13H23F2N7/c1-18-9-2-3-22(7-9)13(6-8-4-12(14,15)5-8)20-10(16)19-11(17)21-13/h8-9,18H,2-7H2,1H3,(H5,16,17,19,20,21)/t9-/m1/s1. The third-order valence-corrected chi connectivity index (χ3v) is 4.73. The molecule has 124 valence electrons. The molecule has 3 rings (SSSR count). The number of nitrogens with zero attached hydrogens (tertiary/aromatic N) is 3. The summed E-state index contributed by atoms with van der Waals surface area (Å²) in [5, 5.41) is 6.32. The Labute approximate surface area is 128 Å². The lowest BCUT2D eigenvalue weighted by molar-refractivity contribution is -0.123. The predicted molar refractivity (Wildman–Crippen MR) is 80.4 cm³/mol. The van der Waals surface area contributed by atoms with Gasteiger partial charge in [-0.2, -0.15) is 4.99 Å². The first-order valence-corrected chi connectivity index (χ1v) is 7.60. The second-order valence-electron chi connectivity index (χ2n) is 6.46. The number of aliphatic imine (C=N–C) groups is 2. The van der Waals surface area contributed by atoms with Gasteiger partial charge in [-0.1, -0.05) is 0 Å². The molecule has 2 atom stereocenters. The average Bonchev–Trinajstić information content (AvgIpc) is 2.84. The van der Waals surface area contributed by atoms with Gasteiger partial charge in [-0.05, 0) is 19.4 Å². The molecule has 7 nitrogen and oxygen atoms in total. The number of nitrogens with two attached hydrogens (primary N) is 2. The Morgan fingerprint density at radius 3 is 2.68 bits per heavy atom. The van der Waals surface area contributed by atoms with Gasteiger partial charge < -0.3 is 22.1 Å². The lowest BCUT2D eigenvalue weighted by Crippen LogP contribution is -2.64. The minimum absolute atomic E-state index is 0.0928. The number of hydrogen-bond acceptors (Lipinski definition) is 7. The SMILES string of the molecule is CN[C@@H]1CCN(C2(CC3CC(F)(F)C3)N=C(N)N=C(N)N2)C1. The predicted octanol–water partition coefficient (Wildman–Crippen LogP) is -0.398. The van der Waals surface area contributed by atoms with Crippen molar-refractivity contribution in [1.82, 2.24) is 15.5 Å². The number of likely N-dealkylation sites (N-methyl/N-ethyl adjacent to an activating group) is 1. The van der Waals surface area contributed by atoms with Gasteiger partial charge in [0.15, 0.2) is 11.7 Å². The van der Waals surface area contributed by atoms with E-state index in [1.165, 1.54) is 0 Å². The largest absolute Gasteiger partial charge is 0.369 e. The van der Waals surface area contributed by atoms with Gasteiger partial charge in [-0.25, -0.2) is 13.8 Å². The van der Waals surface area contributed by atoms with Gasteiger partial charge in [0.25, 0.3) is 0 Å². The van der Waals surface area contributed by atoms with Crippen LogP contribution in [0.2, 0.25) is 0 Å². The summed E-state index contributed by atoms with van der Waals surface area (Å²) in [6, 6.07) is 0.345. The van der Waals surface area contributed by atoms with Crippen LogP contribution in [0.4, 0.5) is 8.78 Å². The number of guanidine groups is 2. The van der Waals surface area contributed by atoms with Crippen LogP contribution in [-0.4, -0.2) is 54.7 Å². The highest BCUT2D eigenvalue weighted by molar-refractivity contribution is 5.95. The van der Waals surface area contributed by atoms with Crippen LogP contribution in [0.3, 0.4) is 0 Å². The maximum Gasteiger partial charge on any atom is 0.248 e. The lowest BCUT2D eigenvalue weighted by atomic mass is 9.77. The second-order valence-corrected chi connectivity index (χ2v) is 6.46. The molecule has 2 aliphatic heterocycles. The third-order valence-electron chi connectivity index (χ3n) is 4.73. The smallest absolute Gasteiger partial charge is 0.248 e. The van der Waals surface area contributed by atoms with Crippen LogP contribution in [0.25, 0.3) is 0 Å². The van der Waals surface area contributed by atoms with E-state index in [1.54, 1.807) is 0 Å². The summed E-state index contributed by atoms with van der Waals surface area (Å²) < 4.78 is 26.3. The molecule has 22 heavy (non-hydrogen) atoms. The van der Waals surface area contributed by atoms with E-state index in [-0.39, 0.29) is 30.7 Å². The van der Waals surface area contributed by atoms with Gasteiger partial charge in [0, 0.05) is 38.4 Å². The number of likely N-dealkylation sites (tertiary alicyclic amines) is 1. The summed E-state index contributed by atoms with van der Waals surface area (Å²) in [5.74, 6) is -3.23. The lowest BCUT2D eigenvalue weighted by Gasteiger charge is -2.46.